The lowest BCUT2D eigenvalue weighted by Gasteiger charge is -2.42. The maximum Gasteiger partial charge on any atom is 0.251 e. The molecule has 0 saturated heterocycles. The van der Waals surface area contributed by atoms with Crippen molar-refractivity contribution >= 4 is 17.2 Å². The van der Waals surface area contributed by atoms with E-state index in [-0.39, 0.29) is 10.5 Å². The number of nitrogens with zero attached hydrogens (tertiary/aromatic N) is 1. The van der Waals surface area contributed by atoms with E-state index >= 15 is 0 Å². The zero-order valence-corrected chi connectivity index (χ0v) is 13.7. The number of aromatic nitrogens is 1. The topological polar surface area (TPSA) is 77.5 Å². The van der Waals surface area contributed by atoms with Crippen molar-refractivity contribution in [3.05, 3.63) is 64.1 Å². The van der Waals surface area contributed by atoms with Crippen LogP contribution in [0.2, 0.25) is 0 Å². The molecule has 6 heteroatoms. The van der Waals surface area contributed by atoms with Crippen LogP contribution in [0.25, 0.3) is 0 Å². The van der Waals surface area contributed by atoms with E-state index in [9.17, 15) is 9.90 Å². The maximum atomic E-state index is 12.3. The van der Waals surface area contributed by atoms with E-state index in [1.807, 2.05) is 0 Å². The highest BCUT2D eigenvalue weighted by Gasteiger charge is 2.44. The molecule has 1 aliphatic heterocycles. The smallest absolute Gasteiger partial charge is 0.251 e. The number of aliphatic hydroxyl groups excluding tert-OH is 1. The molecule has 1 aromatic heterocycles. The van der Waals surface area contributed by atoms with Crippen molar-refractivity contribution in [2.75, 3.05) is 0 Å². The Labute approximate surface area is 139 Å². The van der Waals surface area contributed by atoms with E-state index in [4.69, 9.17) is 22.7 Å². The van der Waals surface area contributed by atoms with Crippen molar-refractivity contribution in [3.8, 4) is 5.75 Å². The van der Waals surface area contributed by atoms with E-state index in [0.29, 0.717) is 16.9 Å². The highest BCUT2D eigenvalue weighted by atomic mass is 32.1. The van der Waals surface area contributed by atoms with E-state index < -0.39 is 17.7 Å². The molecule has 0 aliphatic carbocycles. The van der Waals surface area contributed by atoms with Crippen LogP contribution in [0.3, 0.4) is 0 Å². The van der Waals surface area contributed by atoms with Crippen LogP contribution in [0.15, 0.2) is 47.4 Å². The van der Waals surface area contributed by atoms with Gasteiger partial charge in [-0.2, -0.15) is 0 Å². The van der Waals surface area contributed by atoms with Crippen molar-refractivity contribution < 1.29 is 9.84 Å². The Morgan fingerprint density at radius 3 is 2.74 bits per heavy atom. The summed E-state index contributed by atoms with van der Waals surface area (Å²) in [6, 6.07) is 9.65. The summed E-state index contributed by atoms with van der Waals surface area (Å²) in [7, 11) is 0. The van der Waals surface area contributed by atoms with Gasteiger partial charge in [0.15, 0.2) is 0 Å². The van der Waals surface area contributed by atoms with E-state index in [1.165, 1.54) is 10.6 Å². The zero-order valence-electron chi connectivity index (χ0n) is 12.9. The number of aliphatic hydroxyl groups is 1. The normalized spacial score (nSPS) is 22.0. The van der Waals surface area contributed by atoms with Crippen molar-refractivity contribution in [1.29, 1.82) is 0 Å². The molecule has 5 nitrogen and oxygen atoms in total. The van der Waals surface area contributed by atoms with Gasteiger partial charge < -0.3 is 20.1 Å². The molecule has 0 amide bonds. The van der Waals surface area contributed by atoms with Crippen LogP contribution < -0.4 is 16.0 Å². The summed E-state index contributed by atoms with van der Waals surface area (Å²) >= 11 is 5.03. The molecule has 0 radical (unpaired) electrons. The van der Waals surface area contributed by atoms with Crippen molar-refractivity contribution in [1.82, 2.24) is 4.57 Å². The van der Waals surface area contributed by atoms with Gasteiger partial charge in [0.05, 0.1) is 6.04 Å². The van der Waals surface area contributed by atoms with Gasteiger partial charge in [-0.1, -0.05) is 18.3 Å². The molecule has 2 heterocycles. The Hall–Kier alpha value is -2.18. The molecule has 1 aliphatic rings. The van der Waals surface area contributed by atoms with E-state index in [2.05, 4.69) is 0 Å². The number of benzene rings is 1. The number of thiocarbonyl (C=S) groups is 1. The fourth-order valence-electron chi connectivity index (χ4n) is 2.89. The molecule has 23 heavy (non-hydrogen) atoms. The van der Waals surface area contributed by atoms with Gasteiger partial charge in [-0.15, -0.1) is 0 Å². The molecule has 0 saturated carbocycles. The van der Waals surface area contributed by atoms with E-state index in [1.54, 1.807) is 50.4 Å². The summed E-state index contributed by atoms with van der Waals surface area (Å²) in [6.45, 7) is 3.59. The molecular weight excluding hydrogens is 312 g/mol. The summed E-state index contributed by atoms with van der Waals surface area (Å²) < 4.78 is 7.42. The second kappa shape index (κ2) is 5.47. The minimum absolute atomic E-state index is 0.194. The van der Waals surface area contributed by atoms with Gasteiger partial charge in [-0.3, -0.25) is 4.79 Å². The number of pyridine rings is 1. The van der Waals surface area contributed by atoms with Crippen molar-refractivity contribution in [2.24, 2.45) is 5.73 Å². The molecule has 0 fully saturated rings. The van der Waals surface area contributed by atoms with Crippen LogP contribution in [0.4, 0.5) is 0 Å². The highest BCUT2D eigenvalue weighted by Crippen LogP contribution is 2.41. The van der Waals surface area contributed by atoms with Gasteiger partial charge in [-0.25, -0.2) is 0 Å². The molecular formula is C17H18N2O3S. The first-order chi connectivity index (χ1) is 10.8. The lowest BCUT2D eigenvalue weighted by Crippen LogP contribution is -2.52. The lowest BCUT2D eigenvalue weighted by molar-refractivity contribution is -0.0642. The Morgan fingerprint density at radius 2 is 2.09 bits per heavy atom. The van der Waals surface area contributed by atoms with Crippen LogP contribution >= 0.6 is 12.2 Å². The number of fused-ring (bicyclic) bond motifs is 1. The zero-order chi connectivity index (χ0) is 16.8. The fraction of sp³-hybridized carbons (Fsp3) is 0.294. The largest absolute Gasteiger partial charge is 0.485 e. The molecule has 2 atom stereocenters. The fourth-order valence-corrected chi connectivity index (χ4v) is 3.02. The van der Waals surface area contributed by atoms with Crippen molar-refractivity contribution in [2.45, 2.75) is 31.6 Å². The SMILES string of the molecule is CC1(C)Oc2ccc(C(N)=S)cc2C(n2ccccc2=O)C1O. The van der Waals surface area contributed by atoms with Gasteiger partial charge in [0.1, 0.15) is 22.4 Å². The molecule has 2 aromatic rings. The summed E-state index contributed by atoms with van der Waals surface area (Å²) in [5.41, 5.74) is 6.04. The summed E-state index contributed by atoms with van der Waals surface area (Å²) in [5.74, 6) is 0.612. The number of ether oxygens (including phenoxy) is 1. The Balaban J connectivity index is 2.25. The molecule has 3 N–H and O–H groups in total. The maximum absolute atomic E-state index is 12.3. The first-order valence-electron chi connectivity index (χ1n) is 7.29. The number of hydrogen-bond acceptors (Lipinski definition) is 4. The summed E-state index contributed by atoms with van der Waals surface area (Å²) in [6.07, 6.45) is 0.756. The van der Waals surface area contributed by atoms with Crippen LogP contribution in [0.5, 0.6) is 5.75 Å². The van der Waals surface area contributed by atoms with E-state index in [0.717, 1.165) is 0 Å². The third-order valence-corrected chi connectivity index (χ3v) is 4.38. The number of rotatable bonds is 2. The average molecular weight is 330 g/mol. The van der Waals surface area contributed by atoms with Gasteiger partial charge >= 0.3 is 0 Å². The first kappa shape index (κ1) is 15.7. The van der Waals surface area contributed by atoms with Crippen LogP contribution in [0, 0.1) is 0 Å². The second-order valence-electron chi connectivity index (χ2n) is 6.16. The minimum Gasteiger partial charge on any atom is -0.485 e. The monoisotopic (exact) mass is 330 g/mol. The predicted molar refractivity (Wildman–Crippen MR) is 91.9 cm³/mol. The molecule has 0 bridgehead atoms. The molecule has 0 spiro atoms. The molecule has 120 valence electrons. The van der Waals surface area contributed by atoms with Gasteiger partial charge in [-0.05, 0) is 38.1 Å². The standard InChI is InChI=1S/C17H18N2O3S/c1-17(2)15(21)14(19-8-4-3-5-13(19)20)11-9-10(16(18)23)6-7-12(11)22-17/h3-9,14-15,21H,1-2H3,(H2,18,23). The Kier molecular flexibility index (Phi) is 3.74. The van der Waals surface area contributed by atoms with Crippen molar-refractivity contribution in [3.63, 3.8) is 0 Å². The Morgan fingerprint density at radius 1 is 1.35 bits per heavy atom. The average Bonchev–Trinajstić information content (AvgIpc) is 2.49. The minimum atomic E-state index is -0.906. The van der Waals surface area contributed by atoms with Crippen LogP contribution in [-0.2, 0) is 0 Å². The second-order valence-corrected chi connectivity index (χ2v) is 6.60. The third-order valence-electron chi connectivity index (χ3n) is 4.15. The van der Waals surface area contributed by atoms with Gasteiger partial charge in [0.2, 0.25) is 0 Å². The first-order valence-corrected chi connectivity index (χ1v) is 7.70. The van der Waals surface area contributed by atoms with Crippen LogP contribution in [0.1, 0.15) is 31.0 Å². The quantitative estimate of drug-likeness (QED) is 0.818. The highest BCUT2D eigenvalue weighted by molar-refractivity contribution is 7.80. The van der Waals surface area contributed by atoms with Gasteiger partial charge in [0.25, 0.3) is 5.56 Å². The number of hydrogen-bond donors (Lipinski definition) is 2. The molecule has 3 rings (SSSR count). The van der Waals surface area contributed by atoms with Crippen LogP contribution in [-0.4, -0.2) is 26.4 Å². The molecule has 2 unspecified atom stereocenters. The number of nitrogens with two attached hydrogens (primary N) is 1. The lowest BCUT2D eigenvalue weighted by atomic mass is 9.85. The Bertz CT molecular complexity index is 829. The predicted octanol–water partition coefficient (Wildman–Crippen LogP) is 1.60. The van der Waals surface area contributed by atoms with Gasteiger partial charge in [0, 0.05) is 23.4 Å². The third kappa shape index (κ3) is 2.64. The summed E-state index contributed by atoms with van der Waals surface area (Å²) in [5, 5.41) is 10.8. The summed E-state index contributed by atoms with van der Waals surface area (Å²) in [4.78, 5) is 12.5. The molecule has 1 aromatic carbocycles.